The standard InChI is InChI=1S/C15H19N3O8/c19-12(20)3-8(14(23)24)5-17-10-1-2-16-7-11(10)18-6-9(15(25)26)4-13(21)22/h1-2,7-9,18H,3-6H2,(H,16,17)(H,19,20)(H,21,22)(H,23,24)(H,25,26). The molecule has 11 heteroatoms. The van der Waals surface area contributed by atoms with Crippen LogP contribution < -0.4 is 10.6 Å². The van der Waals surface area contributed by atoms with E-state index in [0.29, 0.717) is 11.4 Å². The lowest BCUT2D eigenvalue weighted by Crippen LogP contribution is -2.27. The van der Waals surface area contributed by atoms with Gasteiger partial charge in [0.15, 0.2) is 0 Å². The third-order valence-electron chi connectivity index (χ3n) is 3.44. The van der Waals surface area contributed by atoms with Crippen molar-refractivity contribution in [2.75, 3.05) is 23.7 Å². The highest BCUT2D eigenvalue weighted by molar-refractivity contribution is 5.79. The summed E-state index contributed by atoms with van der Waals surface area (Å²) < 4.78 is 0. The molecule has 0 aliphatic rings. The maximum atomic E-state index is 11.1. The smallest absolute Gasteiger partial charge is 0.308 e. The Kier molecular flexibility index (Phi) is 7.80. The van der Waals surface area contributed by atoms with Crippen LogP contribution in [0.3, 0.4) is 0 Å². The van der Waals surface area contributed by atoms with E-state index in [1.165, 1.54) is 18.5 Å². The lowest BCUT2D eigenvalue weighted by atomic mass is 10.1. The van der Waals surface area contributed by atoms with E-state index in [2.05, 4.69) is 15.6 Å². The van der Waals surface area contributed by atoms with E-state index in [1.807, 2.05) is 0 Å². The van der Waals surface area contributed by atoms with Gasteiger partial charge in [-0.2, -0.15) is 0 Å². The minimum atomic E-state index is -1.27. The number of pyridine rings is 1. The van der Waals surface area contributed by atoms with Gasteiger partial charge in [-0.15, -0.1) is 0 Å². The highest BCUT2D eigenvalue weighted by Crippen LogP contribution is 2.21. The number of hydrogen-bond acceptors (Lipinski definition) is 7. The van der Waals surface area contributed by atoms with Crippen LogP contribution >= 0.6 is 0 Å². The first-order chi connectivity index (χ1) is 12.2. The van der Waals surface area contributed by atoms with E-state index < -0.39 is 48.6 Å². The fourth-order valence-electron chi connectivity index (χ4n) is 2.07. The van der Waals surface area contributed by atoms with Crippen LogP contribution in [-0.4, -0.2) is 62.4 Å². The molecule has 0 amide bonds. The van der Waals surface area contributed by atoms with Crippen molar-refractivity contribution >= 4 is 35.3 Å². The molecule has 1 heterocycles. The number of nitrogens with one attached hydrogen (secondary N) is 2. The summed E-state index contributed by atoms with van der Waals surface area (Å²) in [5.74, 6) is -7.36. The summed E-state index contributed by atoms with van der Waals surface area (Å²) in [5.41, 5.74) is 0.722. The van der Waals surface area contributed by atoms with Gasteiger partial charge in [-0.1, -0.05) is 0 Å². The molecule has 0 aromatic carbocycles. The Labute approximate surface area is 147 Å². The minimum Gasteiger partial charge on any atom is -0.481 e. The lowest BCUT2D eigenvalue weighted by molar-refractivity contribution is -0.147. The van der Waals surface area contributed by atoms with E-state index in [-0.39, 0.29) is 13.1 Å². The Morgan fingerprint density at radius 1 is 0.846 bits per heavy atom. The molecular weight excluding hydrogens is 350 g/mol. The quantitative estimate of drug-likeness (QED) is 0.296. The Morgan fingerprint density at radius 2 is 1.31 bits per heavy atom. The summed E-state index contributed by atoms with van der Waals surface area (Å²) in [6, 6.07) is 1.50. The number of carboxylic acid groups (broad SMARTS) is 4. The summed E-state index contributed by atoms with van der Waals surface area (Å²) in [7, 11) is 0. The Hall–Kier alpha value is -3.37. The number of aliphatic carboxylic acids is 4. The van der Waals surface area contributed by atoms with Gasteiger partial charge in [0.05, 0.1) is 42.2 Å². The summed E-state index contributed by atoms with van der Waals surface area (Å²) in [4.78, 5) is 47.4. The van der Waals surface area contributed by atoms with Gasteiger partial charge in [-0.3, -0.25) is 24.2 Å². The maximum absolute atomic E-state index is 11.1. The molecule has 0 fully saturated rings. The average Bonchev–Trinajstić information content (AvgIpc) is 2.55. The van der Waals surface area contributed by atoms with Crippen molar-refractivity contribution in [3.8, 4) is 0 Å². The van der Waals surface area contributed by atoms with Crippen LogP contribution in [0, 0.1) is 11.8 Å². The fraction of sp³-hybridized carbons (Fsp3) is 0.400. The maximum Gasteiger partial charge on any atom is 0.308 e. The van der Waals surface area contributed by atoms with Crippen molar-refractivity contribution in [1.82, 2.24) is 4.98 Å². The minimum absolute atomic E-state index is 0.169. The Balaban J connectivity index is 2.77. The zero-order valence-electron chi connectivity index (χ0n) is 13.6. The number of carbonyl (C=O) groups is 4. The Morgan fingerprint density at radius 3 is 1.73 bits per heavy atom. The van der Waals surface area contributed by atoms with Gasteiger partial charge in [0.2, 0.25) is 0 Å². The van der Waals surface area contributed by atoms with Crippen LogP contribution in [0.2, 0.25) is 0 Å². The van der Waals surface area contributed by atoms with Crippen LogP contribution in [0.25, 0.3) is 0 Å². The monoisotopic (exact) mass is 369 g/mol. The molecule has 26 heavy (non-hydrogen) atoms. The molecule has 0 saturated carbocycles. The summed E-state index contributed by atoms with van der Waals surface area (Å²) in [6.45, 7) is -0.350. The number of hydrogen-bond donors (Lipinski definition) is 6. The molecule has 142 valence electrons. The van der Waals surface area contributed by atoms with Crippen LogP contribution in [0.1, 0.15) is 12.8 Å². The molecule has 0 aliphatic carbocycles. The van der Waals surface area contributed by atoms with E-state index in [1.54, 1.807) is 0 Å². The van der Waals surface area contributed by atoms with Gasteiger partial charge < -0.3 is 31.1 Å². The summed E-state index contributed by atoms with van der Waals surface area (Å²) in [5, 5.41) is 41.1. The first-order valence-corrected chi connectivity index (χ1v) is 7.51. The van der Waals surface area contributed by atoms with E-state index in [4.69, 9.17) is 20.4 Å². The molecule has 6 N–H and O–H groups in total. The highest BCUT2D eigenvalue weighted by atomic mass is 16.4. The first kappa shape index (κ1) is 20.7. The zero-order chi connectivity index (χ0) is 19.7. The van der Waals surface area contributed by atoms with Gasteiger partial charge in [-0.05, 0) is 6.07 Å². The van der Waals surface area contributed by atoms with Crippen molar-refractivity contribution in [2.24, 2.45) is 11.8 Å². The second-order valence-corrected chi connectivity index (χ2v) is 5.45. The lowest BCUT2D eigenvalue weighted by Gasteiger charge is -2.17. The second-order valence-electron chi connectivity index (χ2n) is 5.45. The molecule has 0 aliphatic heterocycles. The molecule has 0 saturated heterocycles. The van der Waals surface area contributed by atoms with Gasteiger partial charge in [0, 0.05) is 19.3 Å². The highest BCUT2D eigenvalue weighted by Gasteiger charge is 2.23. The number of carboxylic acids is 4. The van der Waals surface area contributed by atoms with Crippen molar-refractivity contribution in [3.63, 3.8) is 0 Å². The Bertz CT molecular complexity index is 622. The van der Waals surface area contributed by atoms with Crippen molar-refractivity contribution in [3.05, 3.63) is 18.5 Å². The van der Waals surface area contributed by atoms with Crippen molar-refractivity contribution in [2.45, 2.75) is 12.8 Å². The summed E-state index contributed by atoms with van der Waals surface area (Å²) >= 11 is 0. The largest absolute Gasteiger partial charge is 0.481 e. The molecule has 1 rings (SSSR count). The molecule has 1 aromatic rings. The molecule has 11 nitrogen and oxygen atoms in total. The van der Waals surface area contributed by atoms with Crippen molar-refractivity contribution in [1.29, 1.82) is 0 Å². The number of anilines is 2. The summed E-state index contributed by atoms with van der Waals surface area (Å²) in [6.07, 6.45) is 1.64. The predicted molar refractivity (Wildman–Crippen MR) is 88.0 cm³/mol. The first-order valence-electron chi connectivity index (χ1n) is 7.51. The molecule has 0 bridgehead atoms. The number of nitrogens with zero attached hydrogens (tertiary/aromatic N) is 1. The van der Waals surface area contributed by atoms with E-state index >= 15 is 0 Å². The van der Waals surface area contributed by atoms with Crippen LogP contribution in [0.5, 0.6) is 0 Å². The van der Waals surface area contributed by atoms with Crippen molar-refractivity contribution < 1.29 is 39.6 Å². The topological polar surface area (TPSA) is 186 Å². The average molecular weight is 369 g/mol. The van der Waals surface area contributed by atoms with Crippen LogP contribution in [-0.2, 0) is 19.2 Å². The third-order valence-corrected chi connectivity index (χ3v) is 3.44. The molecular formula is C15H19N3O8. The number of rotatable bonds is 12. The van der Waals surface area contributed by atoms with Crippen LogP contribution in [0.4, 0.5) is 11.4 Å². The number of aromatic nitrogens is 1. The third kappa shape index (κ3) is 7.03. The van der Waals surface area contributed by atoms with E-state index in [0.717, 1.165) is 0 Å². The zero-order valence-corrected chi connectivity index (χ0v) is 13.6. The van der Waals surface area contributed by atoms with E-state index in [9.17, 15) is 19.2 Å². The normalized spacial score (nSPS) is 12.6. The molecule has 1 aromatic heterocycles. The second kappa shape index (κ2) is 9.81. The molecule has 0 radical (unpaired) electrons. The molecule has 2 atom stereocenters. The van der Waals surface area contributed by atoms with Gasteiger partial charge in [-0.25, -0.2) is 0 Å². The predicted octanol–water partition coefficient (Wildman–Crippen LogP) is 0.256. The molecule has 0 spiro atoms. The fourth-order valence-corrected chi connectivity index (χ4v) is 2.07. The van der Waals surface area contributed by atoms with Crippen LogP contribution in [0.15, 0.2) is 18.5 Å². The van der Waals surface area contributed by atoms with Gasteiger partial charge in [0.25, 0.3) is 0 Å². The SMILES string of the molecule is O=C(O)CC(CNc1ccncc1NCC(CC(=O)O)C(=O)O)C(=O)O. The molecule has 2 unspecified atom stereocenters. The van der Waals surface area contributed by atoms with Gasteiger partial charge >= 0.3 is 23.9 Å². The van der Waals surface area contributed by atoms with Gasteiger partial charge in [0.1, 0.15) is 0 Å².